The summed E-state index contributed by atoms with van der Waals surface area (Å²) in [5, 5.41) is 15.2. The minimum absolute atomic E-state index is 0.170. The average molecular weight is 326 g/mol. The van der Waals surface area contributed by atoms with E-state index in [-0.39, 0.29) is 6.04 Å². The first-order valence-corrected chi connectivity index (χ1v) is 8.36. The van der Waals surface area contributed by atoms with Crippen molar-refractivity contribution in [3.63, 3.8) is 0 Å². The fourth-order valence-electron chi connectivity index (χ4n) is 3.28. The highest BCUT2D eigenvalue weighted by Crippen LogP contribution is 2.30. The zero-order chi connectivity index (χ0) is 17.2. The molecular formula is C21H18N4. The topological polar surface area (TPSA) is 64.5 Å². The number of hydrogen-bond acceptors (Lipinski definition) is 3. The lowest BCUT2D eigenvalue weighted by molar-refractivity contribution is 0.784. The zero-order valence-electron chi connectivity index (χ0n) is 14.0. The Hall–Kier alpha value is -3.32. The molecule has 0 saturated heterocycles. The van der Waals surface area contributed by atoms with E-state index in [1.807, 2.05) is 48.7 Å². The van der Waals surface area contributed by atoms with Crippen molar-refractivity contribution >= 4 is 27.6 Å². The fraction of sp³-hybridized carbons (Fsp3) is 0.143. The molecule has 1 atom stereocenters. The van der Waals surface area contributed by atoms with E-state index < -0.39 is 0 Å². The fourth-order valence-corrected chi connectivity index (χ4v) is 3.28. The molecule has 0 fully saturated rings. The number of nitrogens with one attached hydrogen (secondary N) is 2. The van der Waals surface area contributed by atoms with Crippen LogP contribution in [0.4, 0.5) is 5.82 Å². The standard InChI is InChI=1S/C21H18N4/c1-14(11-15-7-3-2-4-8-15)24-21-17(12-22)20-18(13-23-21)16-9-5-6-10-19(16)25-20/h2-10,13-14,25H,11H2,1H3,(H,23,24). The van der Waals surface area contributed by atoms with Gasteiger partial charge in [-0.05, 0) is 25.0 Å². The van der Waals surface area contributed by atoms with Gasteiger partial charge in [-0.15, -0.1) is 0 Å². The highest BCUT2D eigenvalue weighted by molar-refractivity contribution is 6.09. The SMILES string of the molecule is CC(Cc1ccccc1)Nc1ncc2c([nH]c3ccccc32)c1C#N. The molecule has 0 spiro atoms. The third kappa shape index (κ3) is 2.81. The largest absolute Gasteiger partial charge is 0.366 e. The second-order valence-electron chi connectivity index (χ2n) is 6.29. The van der Waals surface area contributed by atoms with Gasteiger partial charge in [0.15, 0.2) is 0 Å². The van der Waals surface area contributed by atoms with Crippen LogP contribution in [0.1, 0.15) is 18.1 Å². The van der Waals surface area contributed by atoms with Gasteiger partial charge in [-0.2, -0.15) is 5.26 Å². The maximum absolute atomic E-state index is 9.69. The molecule has 4 nitrogen and oxygen atoms in total. The summed E-state index contributed by atoms with van der Waals surface area (Å²) in [6, 6.07) is 20.8. The number of benzene rings is 2. The molecule has 0 aliphatic heterocycles. The van der Waals surface area contributed by atoms with Crippen LogP contribution in [0, 0.1) is 11.3 Å². The van der Waals surface area contributed by atoms with E-state index >= 15 is 0 Å². The number of nitriles is 1. The van der Waals surface area contributed by atoms with Crippen LogP contribution in [0.2, 0.25) is 0 Å². The summed E-state index contributed by atoms with van der Waals surface area (Å²) in [7, 11) is 0. The Labute approximate surface area is 146 Å². The van der Waals surface area contributed by atoms with Crippen LogP contribution in [0.5, 0.6) is 0 Å². The van der Waals surface area contributed by atoms with Gasteiger partial charge < -0.3 is 10.3 Å². The van der Waals surface area contributed by atoms with Crippen molar-refractivity contribution < 1.29 is 0 Å². The number of hydrogen-bond donors (Lipinski definition) is 2. The second kappa shape index (κ2) is 6.29. The first-order valence-electron chi connectivity index (χ1n) is 8.36. The van der Waals surface area contributed by atoms with Gasteiger partial charge in [0.05, 0.1) is 5.52 Å². The van der Waals surface area contributed by atoms with Crippen LogP contribution in [-0.4, -0.2) is 16.0 Å². The number of H-pyrrole nitrogens is 1. The molecule has 0 aliphatic rings. The van der Waals surface area contributed by atoms with Crippen LogP contribution >= 0.6 is 0 Å². The Bertz CT molecular complexity index is 1070. The van der Waals surface area contributed by atoms with E-state index in [9.17, 15) is 5.26 Å². The van der Waals surface area contributed by atoms with E-state index in [2.05, 4.69) is 40.4 Å². The van der Waals surface area contributed by atoms with Gasteiger partial charge in [-0.1, -0.05) is 48.5 Å². The van der Waals surface area contributed by atoms with Crippen molar-refractivity contribution in [1.29, 1.82) is 5.26 Å². The van der Waals surface area contributed by atoms with Crippen LogP contribution in [-0.2, 0) is 6.42 Å². The molecule has 0 saturated carbocycles. The maximum Gasteiger partial charge on any atom is 0.146 e. The second-order valence-corrected chi connectivity index (χ2v) is 6.29. The summed E-state index contributed by atoms with van der Waals surface area (Å²) in [6.45, 7) is 2.10. The number of pyridine rings is 1. The number of aromatic nitrogens is 2. The lowest BCUT2D eigenvalue weighted by Gasteiger charge is -2.15. The Balaban J connectivity index is 1.70. The molecule has 0 aliphatic carbocycles. The predicted octanol–water partition coefficient (Wildman–Crippen LogP) is 4.63. The number of para-hydroxylation sites is 1. The number of aromatic amines is 1. The highest BCUT2D eigenvalue weighted by atomic mass is 15.0. The van der Waals surface area contributed by atoms with Crippen molar-refractivity contribution in [3.05, 3.63) is 71.9 Å². The van der Waals surface area contributed by atoms with Crippen LogP contribution in [0.15, 0.2) is 60.8 Å². The predicted molar refractivity (Wildman–Crippen MR) is 102 cm³/mol. The lowest BCUT2D eigenvalue weighted by Crippen LogP contribution is -2.19. The molecule has 2 heterocycles. The van der Waals surface area contributed by atoms with Gasteiger partial charge in [0, 0.05) is 28.5 Å². The molecular weight excluding hydrogens is 308 g/mol. The quantitative estimate of drug-likeness (QED) is 0.574. The molecule has 2 aromatic carbocycles. The Morgan fingerprint density at radius 3 is 2.64 bits per heavy atom. The van der Waals surface area contributed by atoms with Crippen molar-refractivity contribution in [2.24, 2.45) is 0 Å². The molecule has 1 unspecified atom stereocenters. The Kier molecular flexibility index (Phi) is 3.83. The molecule has 0 amide bonds. The third-order valence-corrected chi connectivity index (χ3v) is 4.44. The van der Waals surface area contributed by atoms with Crippen molar-refractivity contribution in [3.8, 4) is 6.07 Å². The van der Waals surface area contributed by atoms with Crippen molar-refractivity contribution in [2.45, 2.75) is 19.4 Å². The Morgan fingerprint density at radius 2 is 1.84 bits per heavy atom. The van der Waals surface area contributed by atoms with Gasteiger partial charge in [-0.25, -0.2) is 4.98 Å². The molecule has 2 aromatic heterocycles. The summed E-state index contributed by atoms with van der Waals surface area (Å²) < 4.78 is 0. The van der Waals surface area contributed by atoms with Crippen LogP contribution in [0.3, 0.4) is 0 Å². The van der Waals surface area contributed by atoms with Crippen LogP contribution in [0.25, 0.3) is 21.8 Å². The summed E-state index contributed by atoms with van der Waals surface area (Å²) >= 11 is 0. The first kappa shape index (κ1) is 15.2. The van der Waals surface area contributed by atoms with Gasteiger partial charge >= 0.3 is 0 Å². The smallest absolute Gasteiger partial charge is 0.146 e. The van der Waals surface area contributed by atoms with E-state index in [0.717, 1.165) is 28.2 Å². The molecule has 2 N–H and O–H groups in total. The molecule has 0 radical (unpaired) electrons. The van der Waals surface area contributed by atoms with Crippen LogP contribution < -0.4 is 5.32 Å². The van der Waals surface area contributed by atoms with E-state index in [0.29, 0.717) is 11.4 Å². The minimum Gasteiger partial charge on any atom is -0.366 e. The number of nitrogens with zero attached hydrogens (tertiary/aromatic N) is 2. The van der Waals surface area contributed by atoms with Gasteiger partial charge in [0.1, 0.15) is 17.5 Å². The maximum atomic E-state index is 9.69. The average Bonchev–Trinajstić information content (AvgIpc) is 3.01. The zero-order valence-corrected chi connectivity index (χ0v) is 14.0. The van der Waals surface area contributed by atoms with Gasteiger partial charge in [0.25, 0.3) is 0 Å². The molecule has 4 aromatic rings. The molecule has 4 rings (SSSR count). The monoisotopic (exact) mass is 326 g/mol. The summed E-state index contributed by atoms with van der Waals surface area (Å²) in [5.74, 6) is 0.630. The van der Waals surface area contributed by atoms with Crippen molar-refractivity contribution in [1.82, 2.24) is 9.97 Å². The molecule has 122 valence electrons. The number of fused-ring (bicyclic) bond motifs is 3. The normalized spacial score (nSPS) is 12.2. The molecule has 25 heavy (non-hydrogen) atoms. The Morgan fingerprint density at radius 1 is 1.08 bits per heavy atom. The minimum atomic E-state index is 0.170. The summed E-state index contributed by atoms with van der Waals surface area (Å²) in [6.07, 6.45) is 2.71. The highest BCUT2D eigenvalue weighted by Gasteiger charge is 2.15. The lowest BCUT2D eigenvalue weighted by atomic mass is 10.1. The van der Waals surface area contributed by atoms with Gasteiger partial charge in [-0.3, -0.25) is 0 Å². The molecule has 4 heteroatoms. The number of anilines is 1. The van der Waals surface area contributed by atoms with E-state index in [1.165, 1.54) is 5.56 Å². The first-order chi connectivity index (χ1) is 12.3. The summed E-state index contributed by atoms with van der Waals surface area (Å²) in [5.41, 5.74) is 3.68. The van der Waals surface area contributed by atoms with Gasteiger partial charge in [0.2, 0.25) is 0 Å². The van der Waals surface area contributed by atoms with Crippen molar-refractivity contribution in [2.75, 3.05) is 5.32 Å². The molecule has 0 bridgehead atoms. The summed E-state index contributed by atoms with van der Waals surface area (Å²) in [4.78, 5) is 7.89. The third-order valence-electron chi connectivity index (χ3n) is 4.44. The van der Waals surface area contributed by atoms with E-state index in [1.54, 1.807) is 0 Å². The van der Waals surface area contributed by atoms with E-state index in [4.69, 9.17) is 0 Å². The number of rotatable bonds is 4.